The van der Waals surface area contributed by atoms with Crippen LogP contribution in [0.1, 0.15) is 11.1 Å². The van der Waals surface area contributed by atoms with Gasteiger partial charge in [-0.05, 0) is 31.2 Å². The van der Waals surface area contributed by atoms with Gasteiger partial charge in [-0.25, -0.2) is 0 Å². The smallest absolute Gasteiger partial charge is 0.324 e. The first-order valence-corrected chi connectivity index (χ1v) is 7.55. The number of halogens is 3. The summed E-state index contributed by atoms with van der Waals surface area (Å²) < 4.78 is 38.7. The molecule has 2 aromatic carbocycles. The molecule has 0 unspecified atom stereocenters. The molecule has 0 atom stereocenters. The van der Waals surface area contributed by atoms with Gasteiger partial charge in [0.2, 0.25) is 5.91 Å². The van der Waals surface area contributed by atoms with E-state index in [1.165, 1.54) is 18.2 Å². The third-order valence-corrected chi connectivity index (χ3v) is 3.55. The van der Waals surface area contributed by atoms with Crippen LogP contribution in [-0.4, -0.2) is 30.9 Å². The van der Waals surface area contributed by atoms with Gasteiger partial charge in [-0.15, -0.1) is 0 Å². The fourth-order valence-electron chi connectivity index (χ4n) is 2.32. The van der Waals surface area contributed by atoms with Crippen LogP contribution in [0.3, 0.4) is 0 Å². The van der Waals surface area contributed by atoms with E-state index >= 15 is 0 Å². The maximum Gasteiger partial charge on any atom is 0.418 e. The van der Waals surface area contributed by atoms with Crippen molar-refractivity contribution in [2.75, 3.05) is 25.5 Å². The summed E-state index contributed by atoms with van der Waals surface area (Å²) in [5.41, 5.74) is 0.0870. The first kappa shape index (κ1) is 18.0. The van der Waals surface area contributed by atoms with Crippen LogP contribution in [0, 0.1) is 0 Å². The van der Waals surface area contributed by atoms with Crippen molar-refractivity contribution in [3.63, 3.8) is 0 Å². The number of hydrogen-bond donors (Lipinski definition) is 1. The van der Waals surface area contributed by atoms with E-state index in [9.17, 15) is 18.0 Å². The lowest BCUT2D eigenvalue weighted by atomic mass is 10.1. The van der Waals surface area contributed by atoms with Crippen LogP contribution in [0.25, 0.3) is 0 Å². The van der Waals surface area contributed by atoms with Crippen molar-refractivity contribution >= 4 is 11.6 Å². The van der Waals surface area contributed by atoms with Gasteiger partial charge in [0.25, 0.3) is 0 Å². The number of rotatable bonds is 6. The number of nitrogens with one attached hydrogen (secondary N) is 1. The van der Waals surface area contributed by atoms with E-state index in [-0.39, 0.29) is 12.2 Å². The molecule has 3 nitrogen and oxygen atoms in total. The molecule has 0 saturated carbocycles. The van der Waals surface area contributed by atoms with Gasteiger partial charge < -0.3 is 5.32 Å². The molecule has 0 radical (unpaired) electrons. The summed E-state index contributed by atoms with van der Waals surface area (Å²) in [7, 11) is 1.76. The Balaban J connectivity index is 1.89. The fourth-order valence-corrected chi connectivity index (χ4v) is 2.32. The SMILES string of the molecule is CN(CCc1ccccc1)CC(=O)Nc1ccccc1C(F)(F)F. The molecule has 0 bridgehead atoms. The van der Waals surface area contributed by atoms with E-state index in [0.29, 0.717) is 6.54 Å². The third kappa shape index (κ3) is 5.38. The Morgan fingerprint density at radius 3 is 2.33 bits per heavy atom. The molecule has 0 spiro atoms. The molecular weight excluding hydrogens is 317 g/mol. The molecule has 0 aromatic heterocycles. The van der Waals surface area contributed by atoms with Crippen LogP contribution in [0.15, 0.2) is 54.6 Å². The number of benzene rings is 2. The highest BCUT2D eigenvalue weighted by Crippen LogP contribution is 2.34. The summed E-state index contributed by atoms with van der Waals surface area (Å²) in [6.45, 7) is 0.664. The number of nitrogens with zero attached hydrogens (tertiary/aromatic N) is 1. The Morgan fingerprint density at radius 2 is 1.67 bits per heavy atom. The van der Waals surface area contributed by atoms with Crippen molar-refractivity contribution < 1.29 is 18.0 Å². The number of anilines is 1. The number of carbonyl (C=O) groups is 1. The Bertz CT molecular complexity index is 671. The first-order chi connectivity index (χ1) is 11.4. The number of amides is 1. The minimum atomic E-state index is -4.50. The van der Waals surface area contributed by atoms with E-state index in [0.717, 1.165) is 18.1 Å². The Morgan fingerprint density at radius 1 is 1.04 bits per heavy atom. The van der Waals surface area contributed by atoms with Crippen molar-refractivity contribution in [3.8, 4) is 0 Å². The predicted octanol–water partition coefficient (Wildman–Crippen LogP) is 3.82. The van der Waals surface area contributed by atoms with Crippen LogP contribution >= 0.6 is 0 Å². The number of likely N-dealkylation sites (N-methyl/N-ethyl adjacent to an activating group) is 1. The highest BCUT2D eigenvalue weighted by Gasteiger charge is 2.33. The maximum atomic E-state index is 12.9. The van der Waals surface area contributed by atoms with E-state index in [4.69, 9.17) is 0 Å². The van der Waals surface area contributed by atoms with Gasteiger partial charge in [0.1, 0.15) is 0 Å². The van der Waals surface area contributed by atoms with E-state index in [1.807, 2.05) is 30.3 Å². The second kappa shape index (κ2) is 7.97. The zero-order valence-corrected chi connectivity index (χ0v) is 13.3. The van der Waals surface area contributed by atoms with Crippen molar-refractivity contribution in [2.45, 2.75) is 12.6 Å². The van der Waals surface area contributed by atoms with Crippen LogP contribution in [0.5, 0.6) is 0 Å². The van der Waals surface area contributed by atoms with Crippen molar-refractivity contribution in [3.05, 3.63) is 65.7 Å². The molecule has 0 aliphatic rings. The van der Waals surface area contributed by atoms with Crippen LogP contribution in [0.4, 0.5) is 18.9 Å². The first-order valence-electron chi connectivity index (χ1n) is 7.55. The van der Waals surface area contributed by atoms with Gasteiger partial charge in [-0.1, -0.05) is 42.5 Å². The lowest BCUT2D eigenvalue weighted by Crippen LogP contribution is -2.32. The summed E-state index contributed by atoms with van der Waals surface area (Å²) in [5.74, 6) is -0.470. The maximum absolute atomic E-state index is 12.9. The second-order valence-corrected chi connectivity index (χ2v) is 5.56. The molecule has 6 heteroatoms. The lowest BCUT2D eigenvalue weighted by Gasteiger charge is -2.18. The topological polar surface area (TPSA) is 32.3 Å². The van der Waals surface area contributed by atoms with Gasteiger partial charge >= 0.3 is 6.18 Å². The zero-order chi connectivity index (χ0) is 17.6. The van der Waals surface area contributed by atoms with Gasteiger partial charge in [-0.2, -0.15) is 13.2 Å². The lowest BCUT2D eigenvalue weighted by molar-refractivity contribution is -0.137. The second-order valence-electron chi connectivity index (χ2n) is 5.56. The number of para-hydroxylation sites is 1. The quantitative estimate of drug-likeness (QED) is 0.870. The highest BCUT2D eigenvalue weighted by molar-refractivity contribution is 5.93. The molecule has 2 rings (SSSR count). The van der Waals surface area contributed by atoms with E-state index in [1.54, 1.807) is 11.9 Å². The van der Waals surface area contributed by atoms with Crippen LogP contribution in [-0.2, 0) is 17.4 Å². The molecule has 0 aliphatic heterocycles. The Labute approximate surface area is 139 Å². The molecule has 1 N–H and O–H groups in total. The molecule has 2 aromatic rings. The molecule has 0 fully saturated rings. The molecule has 1 amide bonds. The highest BCUT2D eigenvalue weighted by atomic mass is 19.4. The largest absolute Gasteiger partial charge is 0.418 e. The minimum absolute atomic E-state index is 0.0268. The molecule has 0 heterocycles. The monoisotopic (exact) mass is 336 g/mol. The normalized spacial score (nSPS) is 11.5. The fraction of sp³-hybridized carbons (Fsp3) is 0.278. The van der Waals surface area contributed by atoms with Gasteiger partial charge in [-0.3, -0.25) is 9.69 Å². The predicted molar refractivity (Wildman–Crippen MR) is 87.7 cm³/mol. The van der Waals surface area contributed by atoms with Crippen molar-refractivity contribution in [1.82, 2.24) is 4.90 Å². The van der Waals surface area contributed by atoms with E-state index < -0.39 is 17.6 Å². The van der Waals surface area contributed by atoms with Crippen LogP contribution in [0.2, 0.25) is 0 Å². The summed E-state index contributed by atoms with van der Waals surface area (Å²) >= 11 is 0. The number of hydrogen-bond acceptors (Lipinski definition) is 2. The summed E-state index contributed by atoms with van der Waals surface area (Å²) in [6.07, 6.45) is -3.73. The minimum Gasteiger partial charge on any atom is -0.324 e. The standard InChI is InChI=1S/C18H19F3N2O/c1-23(12-11-14-7-3-2-4-8-14)13-17(24)22-16-10-6-5-9-15(16)18(19,20)21/h2-10H,11-13H2,1H3,(H,22,24). The van der Waals surface area contributed by atoms with Gasteiger partial charge in [0.15, 0.2) is 0 Å². The number of carbonyl (C=O) groups excluding carboxylic acids is 1. The average Bonchev–Trinajstić information content (AvgIpc) is 2.53. The summed E-state index contributed by atoms with van der Waals surface area (Å²) in [5, 5.41) is 2.35. The Kier molecular flexibility index (Phi) is 5.98. The molecular formula is C18H19F3N2O. The molecule has 0 aliphatic carbocycles. The van der Waals surface area contributed by atoms with Crippen LogP contribution < -0.4 is 5.32 Å². The zero-order valence-electron chi connectivity index (χ0n) is 13.3. The molecule has 128 valence electrons. The average molecular weight is 336 g/mol. The van der Waals surface area contributed by atoms with E-state index in [2.05, 4.69) is 5.32 Å². The Hall–Kier alpha value is -2.34. The summed E-state index contributed by atoms with van der Waals surface area (Å²) in [4.78, 5) is 13.8. The van der Waals surface area contributed by atoms with Gasteiger partial charge in [0, 0.05) is 6.54 Å². The molecule has 0 saturated heterocycles. The van der Waals surface area contributed by atoms with Gasteiger partial charge in [0.05, 0.1) is 17.8 Å². The summed E-state index contributed by atoms with van der Waals surface area (Å²) in [6, 6.07) is 14.8. The van der Waals surface area contributed by atoms with Crippen molar-refractivity contribution in [1.29, 1.82) is 0 Å². The number of alkyl halides is 3. The molecule has 24 heavy (non-hydrogen) atoms. The third-order valence-electron chi connectivity index (χ3n) is 3.55. The van der Waals surface area contributed by atoms with Crippen molar-refractivity contribution in [2.24, 2.45) is 0 Å².